The average Bonchev–Trinajstić information content (AvgIpc) is 3.46. The van der Waals surface area contributed by atoms with Crippen LogP contribution in [0.3, 0.4) is 0 Å². The molecule has 2 amide bonds. The molecular formula is C33H35FN6O4S. The molecule has 234 valence electrons. The van der Waals surface area contributed by atoms with E-state index in [1.807, 2.05) is 45.0 Å². The summed E-state index contributed by atoms with van der Waals surface area (Å²) in [6.07, 6.45) is 0. The van der Waals surface area contributed by atoms with Crippen molar-refractivity contribution in [3.05, 3.63) is 101 Å². The van der Waals surface area contributed by atoms with E-state index in [9.17, 15) is 14.0 Å². The molecule has 5 rings (SSSR count). The Balaban J connectivity index is 1.45. The Labute approximate surface area is 265 Å². The summed E-state index contributed by atoms with van der Waals surface area (Å²) in [4.78, 5) is 32.7. The molecule has 0 saturated heterocycles. The summed E-state index contributed by atoms with van der Waals surface area (Å²) < 4.78 is 27.1. The van der Waals surface area contributed by atoms with E-state index in [1.54, 1.807) is 59.2 Å². The fourth-order valence-electron chi connectivity index (χ4n) is 5.05. The van der Waals surface area contributed by atoms with Crippen molar-refractivity contribution in [1.82, 2.24) is 19.7 Å². The number of likely N-dealkylation sites (N-methyl/N-ethyl adjacent to an activating group) is 1. The number of para-hydroxylation sites is 2. The number of thioether (sulfide) groups is 1. The van der Waals surface area contributed by atoms with Crippen molar-refractivity contribution >= 4 is 35.2 Å². The number of hydrogen-bond acceptors (Lipinski definition) is 8. The van der Waals surface area contributed by atoms with Crippen molar-refractivity contribution < 1.29 is 23.5 Å². The first-order valence-electron chi connectivity index (χ1n) is 14.6. The highest BCUT2D eigenvalue weighted by Gasteiger charge is 2.35. The van der Waals surface area contributed by atoms with E-state index in [2.05, 4.69) is 15.6 Å². The van der Waals surface area contributed by atoms with E-state index >= 15 is 0 Å². The van der Waals surface area contributed by atoms with Gasteiger partial charge in [-0.1, -0.05) is 54.2 Å². The van der Waals surface area contributed by atoms with Crippen molar-refractivity contribution in [2.45, 2.75) is 37.7 Å². The molecule has 12 heteroatoms. The molecule has 1 atom stereocenters. The SMILES string of the molecule is CCN(CC)C(=O)COc1ccc(C2C(C(=O)Nc3ccccc3OC)=C(C)Nc3nc(SCc4ccccc4F)nn32)cc1. The van der Waals surface area contributed by atoms with E-state index in [1.165, 1.54) is 17.8 Å². The fourth-order valence-corrected chi connectivity index (χ4v) is 5.86. The number of aromatic nitrogens is 3. The molecule has 0 fully saturated rings. The molecule has 0 radical (unpaired) electrons. The van der Waals surface area contributed by atoms with Crippen molar-refractivity contribution in [2.24, 2.45) is 0 Å². The topological polar surface area (TPSA) is 111 Å². The zero-order valence-corrected chi connectivity index (χ0v) is 26.4. The molecule has 3 aromatic carbocycles. The third-order valence-corrected chi connectivity index (χ3v) is 8.31. The lowest BCUT2D eigenvalue weighted by atomic mass is 9.95. The first kappa shape index (κ1) is 31.6. The maximum Gasteiger partial charge on any atom is 0.260 e. The summed E-state index contributed by atoms with van der Waals surface area (Å²) in [5, 5.41) is 11.4. The number of halogens is 1. The number of ether oxygens (including phenoxy) is 2. The molecule has 4 aromatic rings. The summed E-state index contributed by atoms with van der Waals surface area (Å²) in [5.41, 5.74) is 2.84. The van der Waals surface area contributed by atoms with E-state index in [4.69, 9.17) is 14.6 Å². The summed E-state index contributed by atoms with van der Waals surface area (Å²) in [6, 6.07) is 20.3. The van der Waals surface area contributed by atoms with Crippen LogP contribution in [0.15, 0.2) is 89.2 Å². The lowest BCUT2D eigenvalue weighted by Gasteiger charge is -2.29. The quantitative estimate of drug-likeness (QED) is 0.187. The van der Waals surface area contributed by atoms with Crippen LogP contribution in [0.25, 0.3) is 0 Å². The van der Waals surface area contributed by atoms with Crippen LogP contribution < -0.4 is 20.1 Å². The molecule has 1 aromatic heterocycles. The van der Waals surface area contributed by atoms with Crippen LogP contribution in [0.4, 0.5) is 16.0 Å². The number of rotatable bonds is 12. The monoisotopic (exact) mass is 630 g/mol. The Hall–Kier alpha value is -4.84. The number of allylic oxidation sites excluding steroid dienone is 1. The van der Waals surface area contributed by atoms with Crippen LogP contribution in [0.1, 0.15) is 37.9 Å². The number of benzene rings is 3. The summed E-state index contributed by atoms with van der Waals surface area (Å²) >= 11 is 1.30. The minimum Gasteiger partial charge on any atom is -0.495 e. The average molecular weight is 631 g/mol. The first-order valence-corrected chi connectivity index (χ1v) is 15.6. The minimum absolute atomic E-state index is 0.0736. The zero-order chi connectivity index (χ0) is 31.9. The van der Waals surface area contributed by atoms with E-state index in [0.717, 1.165) is 5.56 Å². The molecule has 0 aliphatic carbocycles. The second kappa shape index (κ2) is 14.3. The van der Waals surface area contributed by atoms with Gasteiger partial charge in [0, 0.05) is 24.5 Å². The van der Waals surface area contributed by atoms with Gasteiger partial charge in [0.05, 0.1) is 18.4 Å². The summed E-state index contributed by atoms with van der Waals surface area (Å²) in [5.74, 6) is 1.11. The van der Waals surface area contributed by atoms with E-state index < -0.39 is 6.04 Å². The molecule has 2 N–H and O–H groups in total. The van der Waals surface area contributed by atoms with Gasteiger partial charge in [0.15, 0.2) is 6.61 Å². The van der Waals surface area contributed by atoms with Crippen molar-refractivity contribution in [3.8, 4) is 11.5 Å². The van der Waals surface area contributed by atoms with Gasteiger partial charge in [-0.3, -0.25) is 9.59 Å². The molecule has 0 spiro atoms. The second-order valence-corrected chi connectivity index (χ2v) is 11.1. The second-order valence-electron chi connectivity index (χ2n) is 10.2. The lowest BCUT2D eigenvalue weighted by Crippen LogP contribution is -2.34. The predicted octanol–water partition coefficient (Wildman–Crippen LogP) is 5.89. The van der Waals surface area contributed by atoms with Gasteiger partial charge in [0.1, 0.15) is 23.4 Å². The zero-order valence-electron chi connectivity index (χ0n) is 25.5. The number of nitrogens with one attached hydrogen (secondary N) is 2. The molecule has 1 unspecified atom stereocenters. The first-order chi connectivity index (χ1) is 21.8. The highest BCUT2D eigenvalue weighted by Crippen LogP contribution is 2.38. The summed E-state index contributed by atoms with van der Waals surface area (Å²) in [7, 11) is 1.54. The fraction of sp³-hybridized carbons (Fsp3) is 0.273. The van der Waals surface area contributed by atoms with Gasteiger partial charge in [-0.2, -0.15) is 4.98 Å². The van der Waals surface area contributed by atoms with E-state index in [-0.39, 0.29) is 24.2 Å². The maximum absolute atomic E-state index is 14.3. The minimum atomic E-state index is -0.655. The van der Waals surface area contributed by atoms with Crippen LogP contribution in [-0.4, -0.2) is 58.3 Å². The predicted molar refractivity (Wildman–Crippen MR) is 172 cm³/mol. The number of carbonyl (C=O) groups is 2. The Morgan fingerprint density at radius 3 is 2.47 bits per heavy atom. The van der Waals surface area contributed by atoms with Gasteiger partial charge >= 0.3 is 0 Å². The van der Waals surface area contributed by atoms with Gasteiger partial charge in [-0.15, -0.1) is 5.10 Å². The van der Waals surface area contributed by atoms with Gasteiger partial charge in [-0.25, -0.2) is 9.07 Å². The highest BCUT2D eigenvalue weighted by atomic mass is 32.2. The number of carbonyl (C=O) groups excluding carboxylic acids is 2. The number of fused-ring (bicyclic) bond motifs is 1. The molecule has 45 heavy (non-hydrogen) atoms. The molecular weight excluding hydrogens is 595 g/mol. The number of hydrogen-bond donors (Lipinski definition) is 2. The van der Waals surface area contributed by atoms with Crippen LogP contribution in [0.2, 0.25) is 0 Å². The van der Waals surface area contributed by atoms with Crippen LogP contribution in [0, 0.1) is 5.82 Å². The Morgan fingerprint density at radius 1 is 1.04 bits per heavy atom. The molecule has 1 aliphatic rings. The summed E-state index contributed by atoms with van der Waals surface area (Å²) in [6.45, 7) is 6.81. The van der Waals surface area contributed by atoms with Gasteiger partial charge < -0.3 is 25.0 Å². The maximum atomic E-state index is 14.3. The standard InChI is InChI=1S/C33H35FN6O4S/c1-5-39(6-2)28(41)19-44-24-17-15-22(16-18-24)30-29(31(42)36-26-13-9-10-14-27(26)43-4)21(3)35-32-37-33(38-40(30)32)45-20-23-11-7-8-12-25(23)34/h7-18,30H,5-6,19-20H2,1-4H3,(H,36,42)(H,35,37,38). The van der Waals surface area contributed by atoms with Crippen LogP contribution in [0.5, 0.6) is 11.5 Å². The highest BCUT2D eigenvalue weighted by molar-refractivity contribution is 7.98. The van der Waals surface area contributed by atoms with E-state index in [0.29, 0.717) is 64.0 Å². The normalized spacial score (nSPS) is 13.9. The van der Waals surface area contributed by atoms with Gasteiger partial charge in [0.2, 0.25) is 11.1 Å². The van der Waals surface area contributed by atoms with Gasteiger partial charge in [0.25, 0.3) is 11.8 Å². The number of nitrogens with zero attached hydrogens (tertiary/aromatic N) is 4. The smallest absolute Gasteiger partial charge is 0.260 e. The Kier molecular flexibility index (Phi) is 10.0. The van der Waals surface area contributed by atoms with Gasteiger partial charge in [-0.05, 0) is 62.2 Å². The number of amides is 2. The van der Waals surface area contributed by atoms with Crippen LogP contribution >= 0.6 is 11.8 Å². The van der Waals surface area contributed by atoms with Crippen molar-refractivity contribution in [1.29, 1.82) is 0 Å². The van der Waals surface area contributed by atoms with Crippen LogP contribution in [-0.2, 0) is 15.3 Å². The molecule has 0 bridgehead atoms. The van der Waals surface area contributed by atoms with Crippen molar-refractivity contribution in [3.63, 3.8) is 0 Å². The third kappa shape index (κ3) is 7.12. The molecule has 10 nitrogen and oxygen atoms in total. The number of anilines is 2. The Morgan fingerprint density at radius 2 is 1.76 bits per heavy atom. The van der Waals surface area contributed by atoms with Crippen molar-refractivity contribution in [2.75, 3.05) is 37.4 Å². The number of methoxy groups -OCH3 is 1. The molecule has 1 aliphatic heterocycles. The lowest BCUT2D eigenvalue weighted by molar-refractivity contribution is -0.133. The largest absolute Gasteiger partial charge is 0.495 e. The molecule has 0 saturated carbocycles. The molecule has 2 heterocycles. The third-order valence-electron chi connectivity index (χ3n) is 7.42. The Bertz CT molecular complexity index is 1700.